The van der Waals surface area contributed by atoms with Gasteiger partial charge in [0.2, 0.25) is 0 Å². The summed E-state index contributed by atoms with van der Waals surface area (Å²) in [6.07, 6.45) is 7.97. The molecule has 1 nitrogen and oxygen atoms in total. The topological polar surface area (TPSA) is 9.23 Å². The normalized spacial score (nSPS) is 24.3. The fraction of sp³-hybridized carbons (Fsp3) is 0.467. The lowest BCUT2D eigenvalue weighted by Gasteiger charge is -2.30. The molecule has 0 saturated heterocycles. The zero-order valence-electron chi connectivity index (χ0n) is 9.78. The maximum atomic E-state index is 5.64. The summed E-state index contributed by atoms with van der Waals surface area (Å²) >= 11 is 0. The monoisotopic (exact) mass is 214 g/mol. The third-order valence-electron chi connectivity index (χ3n) is 3.24. The van der Waals surface area contributed by atoms with Crippen LogP contribution >= 0.6 is 0 Å². The highest BCUT2D eigenvalue weighted by Crippen LogP contribution is 2.34. The van der Waals surface area contributed by atoms with Crippen LogP contribution in [0.5, 0.6) is 0 Å². The largest absolute Gasteiger partial charge is 0.443 e. The molecule has 16 heavy (non-hydrogen) atoms. The van der Waals surface area contributed by atoms with E-state index < -0.39 is 0 Å². The van der Waals surface area contributed by atoms with Gasteiger partial charge in [-0.25, -0.2) is 0 Å². The number of benzene rings is 1. The van der Waals surface area contributed by atoms with Gasteiger partial charge in [0.25, 0.3) is 0 Å². The molecule has 1 saturated carbocycles. The fourth-order valence-electron chi connectivity index (χ4n) is 2.45. The summed E-state index contributed by atoms with van der Waals surface area (Å²) < 4.78 is 5.64. The quantitative estimate of drug-likeness (QED) is 0.682. The van der Waals surface area contributed by atoms with E-state index in [9.17, 15) is 0 Å². The summed E-state index contributed by atoms with van der Waals surface area (Å²) in [5.41, 5.74) is 1.39. The van der Waals surface area contributed by atoms with Crippen LogP contribution in [0.3, 0.4) is 0 Å². The molecule has 1 aliphatic carbocycles. The van der Waals surface area contributed by atoms with Gasteiger partial charge in [0.05, 0.1) is 0 Å². The minimum absolute atomic E-state index is 0.281. The zero-order chi connectivity index (χ0) is 11.2. The highest BCUT2D eigenvalue weighted by Gasteiger charge is 2.27. The first-order chi connectivity index (χ1) is 7.92. The van der Waals surface area contributed by atoms with E-state index in [1.54, 1.807) is 0 Å². The van der Waals surface area contributed by atoms with Crippen LogP contribution in [0.4, 0.5) is 0 Å². The van der Waals surface area contributed by atoms with Crippen molar-refractivity contribution in [3.05, 3.63) is 35.9 Å². The van der Waals surface area contributed by atoms with Crippen molar-refractivity contribution in [2.75, 3.05) is 0 Å². The van der Waals surface area contributed by atoms with Crippen LogP contribution in [0.2, 0.25) is 0 Å². The third kappa shape index (κ3) is 2.58. The average molecular weight is 214 g/mol. The van der Waals surface area contributed by atoms with Crippen LogP contribution in [0.1, 0.15) is 44.1 Å². The van der Waals surface area contributed by atoms with E-state index in [2.05, 4.69) is 42.4 Å². The Labute approximate surface area is 97.8 Å². The highest BCUT2D eigenvalue weighted by atomic mass is 16.5. The van der Waals surface area contributed by atoms with Crippen LogP contribution in [0.15, 0.2) is 30.3 Å². The van der Waals surface area contributed by atoms with Gasteiger partial charge in [0.1, 0.15) is 12.2 Å². The van der Waals surface area contributed by atoms with Gasteiger partial charge in [0, 0.05) is 12.8 Å². The minimum atomic E-state index is 0.281. The van der Waals surface area contributed by atoms with Gasteiger partial charge in [-0.1, -0.05) is 42.7 Å². The van der Waals surface area contributed by atoms with Crippen molar-refractivity contribution in [3.63, 3.8) is 0 Å². The molecule has 1 aromatic carbocycles. The lowest BCUT2D eigenvalue weighted by Crippen LogP contribution is -2.24. The summed E-state index contributed by atoms with van der Waals surface area (Å²) in [6.45, 7) is 1.82. The molecule has 0 unspecified atom stereocenters. The molecule has 0 bridgehead atoms. The molecule has 0 aromatic heterocycles. The molecule has 0 N–H and O–H groups in total. The number of hydrogen-bond acceptors (Lipinski definition) is 1. The Balaban J connectivity index is 2.12. The first kappa shape index (κ1) is 11.1. The molecule has 1 fully saturated rings. The van der Waals surface area contributed by atoms with Crippen molar-refractivity contribution in [2.45, 2.75) is 44.6 Å². The number of rotatable bonds is 2. The molecule has 0 amide bonds. The lowest BCUT2D eigenvalue weighted by atomic mass is 9.82. The van der Waals surface area contributed by atoms with E-state index in [-0.39, 0.29) is 6.10 Å². The third-order valence-corrected chi connectivity index (χ3v) is 3.24. The molecule has 0 aliphatic heterocycles. The van der Waals surface area contributed by atoms with Gasteiger partial charge in [-0.3, -0.25) is 0 Å². The van der Waals surface area contributed by atoms with Crippen LogP contribution in [0.25, 0.3) is 0 Å². The number of hydrogen-bond donors (Lipinski definition) is 0. The standard InChI is InChI=1S/C15H18O/c1-2-12-16-15-11-7-6-10-14(15)13-8-4-3-5-9-13/h3-5,8-9,14-15H,6-7,10-11H2,1H3/t14-,15+/m0/s1. The first-order valence-corrected chi connectivity index (χ1v) is 6.04. The van der Waals surface area contributed by atoms with Crippen LogP contribution in [0, 0.1) is 12.0 Å². The van der Waals surface area contributed by atoms with Gasteiger partial charge in [-0.15, -0.1) is 0 Å². The van der Waals surface area contributed by atoms with Crippen molar-refractivity contribution >= 4 is 0 Å². The molecular weight excluding hydrogens is 196 g/mol. The van der Waals surface area contributed by atoms with Crippen molar-refractivity contribution < 1.29 is 4.74 Å². The fourth-order valence-corrected chi connectivity index (χ4v) is 2.45. The van der Waals surface area contributed by atoms with E-state index in [0.717, 1.165) is 6.42 Å². The van der Waals surface area contributed by atoms with E-state index in [0.29, 0.717) is 5.92 Å². The minimum Gasteiger partial charge on any atom is -0.443 e. The Morgan fingerprint density at radius 2 is 1.88 bits per heavy atom. The first-order valence-electron chi connectivity index (χ1n) is 6.04. The van der Waals surface area contributed by atoms with Gasteiger partial charge in [-0.2, -0.15) is 0 Å². The van der Waals surface area contributed by atoms with Gasteiger partial charge < -0.3 is 4.74 Å². The second-order valence-electron chi connectivity index (χ2n) is 4.31. The van der Waals surface area contributed by atoms with Crippen molar-refractivity contribution in [1.29, 1.82) is 0 Å². The maximum Gasteiger partial charge on any atom is 0.117 e. The molecule has 0 spiro atoms. The Kier molecular flexibility index (Phi) is 3.88. The second kappa shape index (κ2) is 5.61. The Morgan fingerprint density at radius 3 is 2.62 bits per heavy atom. The van der Waals surface area contributed by atoms with Crippen LogP contribution in [-0.4, -0.2) is 6.10 Å². The molecule has 1 aliphatic rings. The average Bonchev–Trinajstić information content (AvgIpc) is 2.38. The lowest BCUT2D eigenvalue weighted by molar-refractivity contribution is 0.101. The Hall–Kier alpha value is -1.42. The van der Waals surface area contributed by atoms with Gasteiger partial charge >= 0.3 is 0 Å². The summed E-state index contributed by atoms with van der Waals surface area (Å²) in [5.74, 6) is 3.34. The molecule has 84 valence electrons. The van der Waals surface area contributed by atoms with Crippen LogP contribution in [-0.2, 0) is 4.74 Å². The van der Waals surface area contributed by atoms with Crippen molar-refractivity contribution in [1.82, 2.24) is 0 Å². The summed E-state index contributed by atoms with van der Waals surface area (Å²) in [7, 11) is 0. The number of ether oxygens (including phenoxy) is 1. The summed E-state index contributed by atoms with van der Waals surface area (Å²) in [6, 6.07) is 10.7. The van der Waals surface area contributed by atoms with Gasteiger partial charge in [-0.05, 0) is 24.8 Å². The van der Waals surface area contributed by atoms with Crippen molar-refractivity contribution in [2.24, 2.45) is 0 Å². The maximum absolute atomic E-state index is 5.64. The Morgan fingerprint density at radius 1 is 1.12 bits per heavy atom. The molecular formula is C15H18O. The smallest absolute Gasteiger partial charge is 0.117 e. The van der Waals surface area contributed by atoms with E-state index in [4.69, 9.17) is 4.74 Å². The molecule has 2 rings (SSSR count). The predicted molar refractivity (Wildman–Crippen MR) is 66.0 cm³/mol. The summed E-state index contributed by atoms with van der Waals surface area (Å²) in [5, 5.41) is 0. The van der Waals surface area contributed by atoms with E-state index >= 15 is 0 Å². The molecule has 2 atom stereocenters. The van der Waals surface area contributed by atoms with Gasteiger partial charge in [0.15, 0.2) is 0 Å². The van der Waals surface area contributed by atoms with Crippen LogP contribution < -0.4 is 0 Å². The SMILES string of the molecule is CC#CO[C@@H]1CCCC[C@H]1c1ccccc1. The van der Waals surface area contributed by atoms with E-state index in [1.807, 2.05) is 6.92 Å². The van der Waals surface area contributed by atoms with Crippen molar-refractivity contribution in [3.8, 4) is 12.0 Å². The molecule has 1 aromatic rings. The molecule has 0 heterocycles. The zero-order valence-corrected chi connectivity index (χ0v) is 9.78. The highest BCUT2D eigenvalue weighted by molar-refractivity contribution is 5.21. The predicted octanol–water partition coefficient (Wildman–Crippen LogP) is 3.71. The molecule has 0 radical (unpaired) electrons. The summed E-state index contributed by atoms with van der Waals surface area (Å²) in [4.78, 5) is 0. The van der Waals surface area contributed by atoms with E-state index in [1.165, 1.54) is 24.8 Å². The molecule has 1 heteroatoms. The second-order valence-corrected chi connectivity index (χ2v) is 4.31. The Bertz CT molecular complexity index is 371.